The second-order valence-corrected chi connectivity index (χ2v) is 10.7. The molecule has 2 aliphatic heterocycles. The number of benzene rings is 2. The molecule has 2 N–H and O–H groups in total. The molecule has 2 amide bonds. The van der Waals surface area contributed by atoms with Crippen molar-refractivity contribution in [3.63, 3.8) is 0 Å². The number of amides is 2. The molecule has 0 spiro atoms. The SMILES string of the molecule is Br.CCOc1cc2c(cc1C(=O)NC)C(=N)N(CC(=O)c1ccc(OC(=O)N3CCCC3)c(C(C)(C)C)c1)C2. The van der Waals surface area contributed by atoms with Gasteiger partial charge in [0.25, 0.3) is 5.91 Å². The topological polar surface area (TPSA) is 112 Å². The number of likely N-dealkylation sites (tertiary alicyclic amines) is 1. The molecule has 0 unspecified atom stereocenters. The second-order valence-electron chi connectivity index (χ2n) is 10.7. The first-order chi connectivity index (χ1) is 18.0. The summed E-state index contributed by atoms with van der Waals surface area (Å²) >= 11 is 0. The van der Waals surface area contributed by atoms with Gasteiger partial charge in [-0.1, -0.05) is 20.8 Å². The van der Waals surface area contributed by atoms with Crippen molar-refractivity contribution in [1.82, 2.24) is 15.1 Å². The summed E-state index contributed by atoms with van der Waals surface area (Å²) in [5.41, 5.74) is 2.70. The lowest BCUT2D eigenvalue weighted by Crippen LogP contribution is -2.32. The van der Waals surface area contributed by atoms with E-state index < -0.39 is 0 Å². The minimum atomic E-state index is -0.363. The van der Waals surface area contributed by atoms with Crippen LogP contribution < -0.4 is 14.8 Å². The molecular weight excluding hydrogens is 564 g/mol. The van der Waals surface area contributed by atoms with E-state index in [1.165, 1.54) is 0 Å². The van der Waals surface area contributed by atoms with Crippen LogP contribution >= 0.6 is 17.0 Å². The summed E-state index contributed by atoms with van der Waals surface area (Å²) in [7, 11) is 1.55. The van der Waals surface area contributed by atoms with Crippen LogP contribution in [0.25, 0.3) is 0 Å². The number of carbonyl (C=O) groups is 3. The summed E-state index contributed by atoms with van der Waals surface area (Å²) < 4.78 is 11.4. The van der Waals surface area contributed by atoms with Gasteiger partial charge in [-0.25, -0.2) is 4.79 Å². The van der Waals surface area contributed by atoms with Crippen LogP contribution in [0.1, 0.15) is 77.9 Å². The Kier molecular flexibility index (Phi) is 9.43. The zero-order chi connectivity index (χ0) is 27.6. The molecule has 0 radical (unpaired) electrons. The van der Waals surface area contributed by atoms with Crippen molar-refractivity contribution < 1.29 is 23.9 Å². The average molecular weight is 602 g/mol. The van der Waals surface area contributed by atoms with Gasteiger partial charge >= 0.3 is 6.09 Å². The van der Waals surface area contributed by atoms with Crippen molar-refractivity contribution in [2.24, 2.45) is 0 Å². The van der Waals surface area contributed by atoms with E-state index in [2.05, 4.69) is 5.32 Å². The van der Waals surface area contributed by atoms with Crippen LogP contribution in [0.15, 0.2) is 30.3 Å². The van der Waals surface area contributed by atoms with Crippen LogP contribution in [0, 0.1) is 5.41 Å². The number of ketones is 1. The number of ether oxygens (including phenoxy) is 2. The number of nitrogens with one attached hydrogen (secondary N) is 2. The molecule has 0 atom stereocenters. The van der Waals surface area contributed by atoms with Gasteiger partial charge in [-0.15, -0.1) is 17.0 Å². The minimum Gasteiger partial charge on any atom is -0.493 e. The first-order valence-corrected chi connectivity index (χ1v) is 13.0. The van der Waals surface area contributed by atoms with Crippen LogP contribution in [0.3, 0.4) is 0 Å². The van der Waals surface area contributed by atoms with Crippen molar-refractivity contribution in [3.8, 4) is 11.5 Å². The van der Waals surface area contributed by atoms with E-state index in [1.54, 1.807) is 47.2 Å². The highest BCUT2D eigenvalue weighted by Crippen LogP contribution is 2.34. The molecule has 2 aromatic rings. The largest absolute Gasteiger partial charge is 0.493 e. The summed E-state index contributed by atoms with van der Waals surface area (Å²) in [5.74, 6) is 0.660. The monoisotopic (exact) mass is 600 g/mol. The fraction of sp³-hybridized carbons (Fsp3) is 0.448. The predicted molar refractivity (Wildman–Crippen MR) is 155 cm³/mol. The van der Waals surface area contributed by atoms with Gasteiger partial charge in [-0.2, -0.15) is 0 Å². The lowest BCUT2D eigenvalue weighted by Gasteiger charge is -2.25. The second kappa shape index (κ2) is 12.2. The van der Waals surface area contributed by atoms with E-state index in [0.717, 1.165) is 24.0 Å². The number of hydrogen-bond donors (Lipinski definition) is 2. The summed E-state index contributed by atoms with van der Waals surface area (Å²) in [6.45, 7) is 10.0. The van der Waals surface area contributed by atoms with Crippen molar-refractivity contribution in [1.29, 1.82) is 5.41 Å². The Bertz CT molecular complexity index is 1280. The number of Topliss-reactive ketones (excluding diaryl/α,β-unsaturated/α-hetero) is 1. The van der Waals surface area contributed by atoms with E-state index in [9.17, 15) is 14.4 Å². The maximum absolute atomic E-state index is 13.4. The number of nitrogens with zero attached hydrogens (tertiary/aromatic N) is 2. The number of rotatable bonds is 7. The van der Waals surface area contributed by atoms with Gasteiger partial charge in [0.1, 0.15) is 17.3 Å². The Morgan fingerprint density at radius 2 is 1.74 bits per heavy atom. The lowest BCUT2D eigenvalue weighted by molar-refractivity contribution is 0.0953. The van der Waals surface area contributed by atoms with Gasteiger partial charge in [0.2, 0.25) is 0 Å². The number of carbonyl (C=O) groups excluding carboxylic acids is 3. The van der Waals surface area contributed by atoms with E-state index in [-0.39, 0.29) is 52.6 Å². The quantitative estimate of drug-likeness (QED) is 0.435. The Balaban J connectivity index is 0.00000420. The number of hydrogen-bond acceptors (Lipinski definition) is 6. The minimum absolute atomic E-state index is 0. The van der Waals surface area contributed by atoms with Crippen LogP contribution in [0.5, 0.6) is 11.5 Å². The first-order valence-electron chi connectivity index (χ1n) is 13.0. The van der Waals surface area contributed by atoms with Gasteiger partial charge in [-0.3, -0.25) is 15.0 Å². The molecule has 2 heterocycles. The maximum Gasteiger partial charge on any atom is 0.415 e. The summed E-state index contributed by atoms with van der Waals surface area (Å²) in [6, 6.07) is 8.60. The van der Waals surface area contributed by atoms with Crippen LogP contribution in [0.4, 0.5) is 4.79 Å². The van der Waals surface area contributed by atoms with Gasteiger partial charge < -0.3 is 24.6 Å². The molecule has 0 saturated carbocycles. The fourth-order valence-electron chi connectivity index (χ4n) is 4.85. The summed E-state index contributed by atoms with van der Waals surface area (Å²) in [4.78, 5) is 41.7. The summed E-state index contributed by atoms with van der Waals surface area (Å²) in [5, 5.41) is 11.3. The van der Waals surface area contributed by atoms with Gasteiger partial charge in [0.15, 0.2) is 5.78 Å². The Labute approximate surface area is 240 Å². The predicted octanol–water partition coefficient (Wildman–Crippen LogP) is 4.94. The molecule has 39 heavy (non-hydrogen) atoms. The number of amidine groups is 1. The van der Waals surface area contributed by atoms with Crippen molar-refractivity contribution in [2.75, 3.05) is 33.3 Å². The molecule has 1 saturated heterocycles. The number of fused-ring (bicyclic) bond motifs is 1. The zero-order valence-corrected chi connectivity index (χ0v) is 24.9. The summed E-state index contributed by atoms with van der Waals surface area (Å²) in [6.07, 6.45) is 1.59. The molecule has 0 aromatic heterocycles. The van der Waals surface area contributed by atoms with Crippen molar-refractivity contribution in [2.45, 2.75) is 52.5 Å². The maximum atomic E-state index is 13.4. The Hall–Kier alpha value is -3.40. The fourth-order valence-corrected chi connectivity index (χ4v) is 4.85. The molecule has 4 rings (SSSR count). The average Bonchev–Trinajstić information content (AvgIpc) is 3.52. The third-order valence-corrected chi connectivity index (χ3v) is 6.92. The smallest absolute Gasteiger partial charge is 0.415 e. The molecule has 2 aromatic carbocycles. The molecule has 10 heteroatoms. The third-order valence-electron chi connectivity index (χ3n) is 6.92. The van der Waals surface area contributed by atoms with E-state index in [0.29, 0.717) is 54.4 Å². The van der Waals surface area contributed by atoms with E-state index >= 15 is 0 Å². The first kappa shape index (κ1) is 30.1. The van der Waals surface area contributed by atoms with Crippen LogP contribution in [-0.4, -0.2) is 66.7 Å². The molecule has 2 aliphatic rings. The molecule has 210 valence electrons. The van der Waals surface area contributed by atoms with Gasteiger partial charge in [0, 0.05) is 43.4 Å². The molecular formula is C29H37BrN4O5. The van der Waals surface area contributed by atoms with Gasteiger partial charge in [-0.05, 0) is 61.1 Å². The lowest BCUT2D eigenvalue weighted by atomic mass is 9.85. The van der Waals surface area contributed by atoms with Crippen molar-refractivity contribution >= 4 is 40.6 Å². The molecule has 0 bridgehead atoms. The van der Waals surface area contributed by atoms with E-state index in [4.69, 9.17) is 14.9 Å². The van der Waals surface area contributed by atoms with Crippen LogP contribution in [0.2, 0.25) is 0 Å². The highest BCUT2D eigenvalue weighted by molar-refractivity contribution is 8.93. The molecule has 9 nitrogen and oxygen atoms in total. The molecule has 1 fully saturated rings. The Morgan fingerprint density at radius 1 is 1.05 bits per heavy atom. The number of halogens is 1. The van der Waals surface area contributed by atoms with E-state index in [1.807, 2.05) is 27.7 Å². The third kappa shape index (κ3) is 6.43. The standard InChI is InChI=1S/C29H36N4O5.BrH/c1-6-37-25-14-19-16-33(26(30)20(19)15-21(25)27(35)31-5)17-23(34)18-9-10-24(22(13-18)29(2,3)4)38-28(36)32-11-7-8-12-32;/h9-10,13-15,30H,6-8,11-12,16-17H2,1-5H3,(H,31,35);1H. The Morgan fingerprint density at radius 3 is 2.36 bits per heavy atom. The zero-order valence-electron chi connectivity index (χ0n) is 23.2. The highest BCUT2D eigenvalue weighted by atomic mass is 79.9. The van der Waals surface area contributed by atoms with Crippen LogP contribution in [-0.2, 0) is 12.0 Å². The molecule has 0 aliphatic carbocycles. The normalized spacial score (nSPS) is 14.5. The highest BCUT2D eigenvalue weighted by Gasteiger charge is 2.30. The van der Waals surface area contributed by atoms with Gasteiger partial charge in [0.05, 0.1) is 18.7 Å². The van der Waals surface area contributed by atoms with Crippen molar-refractivity contribution in [3.05, 3.63) is 58.1 Å².